The minimum Gasteiger partial charge on any atom is -0.309 e. The highest BCUT2D eigenvalue weighted by molar-refractivity contribution is 6.13. The molecule has 0 N–H and O–H groups in total. The Morgan fingerprint density at radius 1 is 0.490 bits per heavy atom. The third kappa shape index (κ3) is 3.77. The van der Waals surface area contributed by atoms with Gasteiger partial charge in [0.05, 0.1) is 33.7 Å². The monoisotopic (exact) mass is 625 g/mol. The van der Waals surface area contributed by atoms with Crippen molar-refractivity contribution in [3.63, 3.8) is 0 Å². The summed E-state index contributed by atoms with van der Waals surface area (Å²) < 4.78 is 4.70. The number of nitrogens with zero attached hydrogens (tertiary/aromatic N) is 3. The zero-order valence-electron chi connectivity index (χ0n) is 27.3. The molecule has 230 valence electrons. The highest BCUT2D eigenvalue weighted by Gasteiger charge is 2.38. The summed E-state index contributed by atoms with van der Waals surface area (Å²) in [7, 11) is 0. The minimum absolute atomic E-state index is 0.142. The van der Waals surface area contributed by atoms with Crippen LogP contribution in [0.4, 0.5) is 0 Å². The Hall–Kier alpha value is -6.37. The molecule has 10 rings (SSSR count). The van der Waals surface area contributed by atoms with Crippen LogP contribution >= 0.6 is 0 Å². The summed E-state index contributed by atoms with van der Waals surface area (Å²) in [4.78, 5) is 0. The van der Waals surface area contributed by atoms with E-state index in [1.807, 2.05) is 6.07 Å². The van der Waals surface area contributed by atoms with Gasteiger partial charge in [-0.2, -0.15) is 5.26 Å². The lowest BCUT2D eigenvalue weighted by Gasteiger charge is -2.23. The molecule has 1 aliphatic rings. The third-order valence-corrected chi connectivity index (χ3v) is 10.8. The van der Waals surface area contributed by atoms with Gasteiger partial charge in [-0.3, -0.25) is 0 Å². The van der Waals surface area contributed by atoms with Crippen LogP contribution < -0.4 is 0 Å². The standard InChI is InChI=1S/C46H31N3/c1-46(2)40-15-7-3-11-34(40)38-25-26-39-37-14-6-10-18-43(37)49(45(39)44(38)46)31-21-19-29(20-22-31)33-24-23-32(27-30(33)28-47)48-41-16-8-4-12-35(41)36-13-5-9-17-42(36)48/h3-27H,1-2H3. The Morgan fingerprint density at radius 3 is 1.71 bits per heavy atom. The van der Waals surface area contributed by atoms with Crippen LogP contribution in [0.2, 0.25) is 0 Å². The van der Waals surface area contributed by atoms with Crippen molar-refractivity contribution in [2.75, 3.05) is 0 Å². The topological polar surface area (TPSA) is 33.6 Å². The summed E-state index contributed by atoms with van der Waals surface area (Å²) >= 11 is 0. The van der Waals surface area contributed by atoms with Gasteiger partial charge in [0.2, 0.25) is 0 Å². The molecule has 0 amide bonds. The molecule has 0 atom stereocenters. The van der Waals surface area contributed by atoms with Gasteiger partial charge in [0.1, 0.15) is 0 Å². The normalized spacial score (nSPS) is 13.2. The molecular formula is C46H31N3. The average molecular weight is 626 g/mol. The van der Waals surface area contributed by atoms with Crippen molar-refractivity contribution in [2.24, 2.45) is 0 Å². The maximum absolute atomic E-state index is 10.4. The Kier molecular flexibility index (Phi) is 5.69. The van der Waals surface area contributed by atoms with Crippen molar-refractivity contribution in [1.29, 1.82) is 5.26 Å². The quantitative estimate of drug-likeness (QED) is 0.192. The number of para-hydroxylation sites is 3. The fourth-order valence-corrected chi connectivity index (χ4v) is 8.59. The Balaban J connectivity index is 1.13. The predicted octanol–water partition coefficient (Wildman–Crippen LogP) is 11.7. The van der Waals surface area contributed by atoms with E-state index in [1.165, 1.54) is 54.8 Å². The van der Waals surface area contributed by atoms with Crippen LogP contribution in [0.15, 0.2) is 152 Å². The number of hydrogen-bond acceptors (Lipinski definition) is 1. The van der Waals surface area contributed by atoms with Crippen LogP contribution in [0.25, 0.3) is 77.2 Å². The lowest BCUT2D eigenvalue weighted by molar-refractivity contribution is 0.664. The fourth-order valence-electron chi connectivity index (χ4n) is 8.59. The molecule has 7 aromatic carbocycles. The maximum Gasteiger partial charge on any atom is 0.0998 e. The maximum atomic E-state index is 10.4. The molecule has 1 aliphatic carbocycles. The molecule has 0 fully saturated rings. The molecule has 3 nitrogen and oxygen atoms in total. The fraction of sp³-hybridized carbons (Fsp3) is 0.0652. The summed E-state index contributed by atoms with van der Waals surface area (Å²) in [5.41, 5.74) is 14.7. The van der Waals surface area contributed by atoms with Crippen LogP contribution in [0.3, 0.4) is 0 Å². The molecule has 0 spiro atoms. The molecule has 0 saturated heterocycles. The Labute approximate surface area is 284 Å². The van der Waals surface area contributed by atoms with Crippen molar-refractivity contribution in [1.82, 2.24) is 9.13 Å². The van der Waals surface area contributed by atoms with Crippen LogP contribution in [0.1, 0.15) is 30.5 Å². The lowest BCUT2D eigenvalue weighted by Crippen LogP contribution is -2.16. The van der Waals surface area contributed by atoms with Crippen LogP contribution in [-0.4, -0.2) is 9.13 Å². The highest BCUT2D eigenvalue weighted by atomic mass is 15.0. The summed E-state index contributed by atoms with van der Waals surface area (Å²) in [6.45, 7) is 4.71. The first kappa shape index (κ1) is 27.7. The number of benzene rings is 7. The summed E-state index contributed by atoms with van der Waals surface area (Å²) in [6.07, 6.45) is 0. The first-order chi connectivity index (χ1) is 24.0. The zero-order valence-corrected chi connectivity index (χ0v) is 27.3. The molecule has 2 aromatic heterocycles. The minimum atomic E-state index is -0.142. The second kappa shape index (κ2) is 10.1. The molecule has 3 heteroatoms. The Morgan fingerprint density at radius 2 is 1.04 bits per heavy atom. The molecule has 9 aromatic rings. The van der Waals surface area contributed by atoms with E-state index in [2.05, 4.69) is 175 Å². The van der Waals surface area contributed by atoms with Crippen molar-refractivity contribution >= 4 is 43.6 Å². The number of hydrogen-bond donors (Lipinski definition) is 0. The average Bonchev–Trinajstić information content (AvgIpc) is 3.75. The van der Waals surface area contributed by atoms with E-state index >= 15 is 0 Å². The van der Waals surface area contributed by atoms with E-state index in [0.717, 1.165) is 33.5 Å². The molecular weight excluding hydrogens is 595 g/mol. The molecule has 0 radical (unpaired) electrons. The van der Waals surface area contributed by atoms with Crippen molar-refractivity contribution in [3.05, 3.63) is 168 Å². The van der Waals surface area contributed by atoms with Gasteiger partial charge in [0, 0.05) is 38.3 Å². The highest BCUT2D eigenvalue weighted by Crippen LogP contribution is 2.53. The van der Waals surface area contributed by atoms with Crippen molar-refractivity contribution in [2.45, 2.75) is 19.3 Å². The van der Waals surface area contributed by atoms with E-state index in [0.29, 0.717) is 5.56 Å². The Bertz CT molecular complexity index is 2800. The van der Waals surface area contributed by atoms with Crippen LogP contribution in [-0.2, 0) is 5.41 Å². The van der Waals surface area contributed by atoms with Gasteiger partial charge < -0.3 is 9.13 Å². The molecule has 0 saturated carbocycles. The zero-order chi connectivity index (χ0) is 32.9. The third-order valence-electron chi connectivity index (χ3n) is 10.8. The second-order valence-corrected chi connectivity index (χ2v) is 13.7. The van der Waals surface area contributed by atoms with Crippen molar-refractivity contribution in [3.8, 4) is 39.7 Å². The van der Waals surface area contributed by atoms with Gasteiger partial charge >= 0.3 is 0 Å². The van der Waals surface area contributed by atoms with Crippen molar-refractivity contribution < 1.29 is 0 Å². The molecule has 2 heterocycles. The van der Waals surface area contributed by atoms with Crippen LogP contribution in [0, 0.1) is 11.3 Å². The molecule has 49 heavy (non-hydrogen) atoms. The SMILES string of the molecule is CC1(C)c2ccccc2-c2ccc3c4ccccc4n(-c4ccc(-c5ccc(-n6c7ccccc7c7ccccc76)cc5C#N)cc4)c3c21. The lowest BCUT2D eigenvalue weighted by atomic mass is 9.81. The number of aromatic nitrogens is 2. The van der Waals surface area contributed by atoms with E-state index < -0.39 is 0 Å². The van der Waals surface area contributed by atoms with E-state index in [-0.39, 0.29) is 5.41 Å². The van der Waals surface area contributed by atoms with Gasteiger partial charge in [-0.1, -0.05) is 123 Å². The first-order valence-corrected chi connectivity index (χ1v) is 16.8. The molecule has 0 aliphatic heterocycles. The van der Waals surface area contributed by atoms with Gasteiger partial charge in [-0.15, -0.1) is 0 Å². The number of rotatable bonds is 3. The second-order valence-electron chi connectivity index (χ2n) is 13.7. The first-order valence-electron chi connectivity index (χ1n) is 16.8. The van der Waals surface area contributed by atoms with Gasteiger partial charge in [-0.25, -0.2) is 0 Å². The summed E-state index contributed by atoms with van der Waals surface area (Å²) in [5, 5.41) is 15.4. The van der Waals surface area contributed by atoms with E-state index in [1.54, 1.807) is 0 Å². The van der Waals surface area contributed by atoms with Gasteiger partial charge in [0.25, 0.3) is 0 Å². The smallest absolute Gasteiger partial charge is 0.0998 e. The largest absolute Gasteiger partial charge is 0.309 e. The molecule has 0 unspecified atom stereocenters. The summed E-state index contributed by atoms with van der Waals surface area (Å²) in [6, 6.07) is 56.6. The molecule has 0 bridgehead atoms. The van der Waals surface area contributed by atoms with E-state index in [9.17, 15) is 5.26 Å². The van der Waals surface area contributed by atoms with Gasteiger partial charge in [-0.05, 0) is 75.8 Å². The van der Waals surface area contributed by atoms with Crippen LogP contribution in [0.5, 0.6) is 0 Å². The summed E-state index contributed by atoms with van der Waals surface area (Å²) in [5.74, 6) is 0. The van der Waals surface area contributed by atoms with E-state index in [4.69, 9.17) is 0 Å². The number of nitriles is 1. The number of fused-ring (bicyclic) bond motifs is 10. The predicted molar refractivity (Wildman–Crippen MR) is 203 cm³/mol. The van der Waals surface area contributed by atoms with Gasteiger partial charge in [0.15, 0.2) is 0 Å².